The second-order valence-corrected chi connectivity index (χ2v) is 23.7. The van der Waals surface area contributed by atoms with Gasteiger partial charge in [-0.3, -0.25) is 4.79 Å². The molecule has 7 fully saturated rings. The molecule has 4 aliphatic heterocycles. The molecule has 444 valence electrons. The van der Waals surface area contributed by atoms with Crippen molar-refractivity contribution < 1.29 is 107 Å². The molecule has 0 aromatic heterocycles. The lowest BCUT2D eigenvalue weighted by Crippen LogP contribution is -2.78. The van der Waals surface area contributed by atoms with Gasteiger partial charge in [-0.15, -0.1) is 0 Å². The average molecular weight is 1120 g/mol. The van der Waals surface area contributed by atoms with E-state index in [1.807, 2.05) is 43.3 Å². The Morgan fingerprint density at radius 2 is 1.30 bits per heavy atom. The fourth-order valence-corrected chi connectivity index (χ4v) is 14.8. The molecule has 26 atom stereocenters. The van der Waals surface area contributed by atoms with Crippen molar-refractivity contribution in [1.82, 2.24) is 0 Å². The van der Waals surface area contributed by atoms with Gasteiger partial charge in [0.15, 0.2) is 30.9 Å². The van der Waals surface area contributed by atoms with Crippen molar-refractivity contribution >= 4 is 17.8 Å². The monoisotopic (exact) mass is 1120 g/mol. The summed E-state index contributed by atoms with van der Waals surface area (Å²) in [6.45, 7) is 9.58. The molecule has 1 aromatic carbocycles. The van der Waals surface area contributed by atoms with Crippen molar-refractivity contribution in [2.45, 2.75) is 239 Å². The predicted octanol–water partition coefficient (Wildman–Crippen LogP) is 1.50. The van der Waals surface area contributed by atoms with Gasteiger partial charge in [-0.05, 0) is 96.6 Å². The highest BCUT2D eigenvalue weighted by atomic mass is 16.8. The Balaban J connectivity index is 0.816. The SMILES string of the molecule is CO[C@H]1[C@@H](O)[C@H](O[C@@H]2[C@@H](C)O[C@@H](O[C@H]3[C@@H](OC)C[C@H](O[C@H]4CC[C@@]5(C)C(=CC[C@]6(O)[C@@H]5C[C@@H](OC(=O)/C=C/c5ccccc5)[C@@]5(C)[C@]6(O)CC[C@]5(O)C(C)=O)C4)O[C@@H]3C)C[C@H]2OC)O[C@H](C)[C@H]1O[C@@H]1O[C@H](CO)[C@@H](O)[C@H](O)[C@H]1O. The van der Waals surface area contributed by atoms with Gasteiger partial charge in [-0.2, -0.15) is 0 Å². The number of Topliss-reactive ketones (excluding diaryl/α,β-unsaturated/α-hetero) is 1. The van der Waals surface area contributed by atoms with Crippen molar-refractivity contribution in [3.63, 3.8) is 0 Å². The molecular formula is C57H84O22. The van der Waals surface area contributed by atoms with Crippen molar-refractivity contribution in [2.24, 2.45) is 16.7 Å². The first-order valence-electron chi connectivity index (χ1n) is 27.9. The van der Waals surface area contributed by atoms with Gasteiger partial charge in [-0.1, -0.05) is 48.9 Å². The minimum Gasteiger partial charge on any atom is -0.458 e. The smallest absolute Gasteiger partial charge is 0.331 e. The quantitative estimate of drug-likeness (QED) is 0.0661. The maximum Gasteiger partial charge on any atom is 0.331 e. The molecule has 1 aromatic rings. The highest BCUT2D eigenvalue weighted by Gasteiger charge is 2.81. The van der Waals surface area contributed by atoms with Crippen LogP contribution in [0.4, 0.5) is 0 Å². The van der Waals surface area contributed by atoms with Crippen LogP contribution in [0.5, 0.6) is 0 Å². The number of aliphatic hydroxyl groups excluding tert-OH is 5. The average Bonchev–Trinajstić information content (AvgIpc) is 3.24. The molecule has 22 nitrogen and oxygen atoms in total. The number of hydrogen-bond acceptors (Lipinski definition) is 22. The number of aliphatic hydroxyl groups is 8. The number of esters is 1. The van der Waals surface area contributed by atoms with Gasteiger partial charge in [0.2, 0.25) is 0 Å². The van der Waals surface area contributed by atoms with Crippen molar-refractivity contribution in [2.75, 3.05) is 27.9 Å². The first-order valence-corrected chi connectivity index (χ1v) is 27.9. The van der Waals surface area contributed by atoms with Gasteiger partial charge in [0.25, 0.3) is 0 Å². The molecule has 0 radical (unpaired) electrons. The normalized spacial score (nSPS) is 49.1. The van der Waals surface area contributed by atoms with E-state index in [-0.39, 0.29) is 38.2 Å². The fourth-order valence-electron chi connectivity index (χ4n) is 14.8. The highest BCUT2D eigenvalue weighted by Crippen LogP contribution is 2.71. The lowest BCUT2D eigenvalue weighted by molar-refractivity contribution is -0.373. The van der Waals surface area contributed by atoms with Gasteiger partial charge in [0.1, 0.15) is 77.8 Å². The summed E-state index contributed by atoms with van der Waals surface area (Å²) in [6.07, 6.45) is -12.7. The first kappa shape index (κ1) is 60.7. The van der Waals surface area contributed by atoms with E-state index in [9.17, 15) is 50.4 Å². The van der Waals surface area contributed by atoms with Crippen LogP contribution in [0.25, 0.3) is 6.08 Å². The molecule has 4 heterocycles. The number of ether oxygens (including phenoxy) is 12. The second-order valence-electron chi connectivity index (χ2n) is 23.7. The Kier molecular flexibility index (Phi) is 18.1. The van der Waals surface area contributed by atoms with Crippen molar-refractivity contribution in [1.29, 1.82) is 0 Å². The van der Waals surface area contributed by atoms with E-state index in [1.165, 1.54) is 27.2 Å². The Bertz CT molecular complexity index is 2340. The van der Waals surface area contributed by atoms with Gasteiger partial charge in [-0.25, -0.2) is 4.79 Å². The molecule has 4 aliphatic carbocycles. The summed E-state index contributed by atoms with van der Waals surface area (Å²) in [5.41, 5.74) is -6.42. The number of hydrogen-bond donors (Lipinski definition) is 8. The molecule has 4 saturated heterocycles. The van der Waals surface area contributed by atoms with Crippen LogP contribution in [-0.4, -0.2) is 220 Å². The zero-order chi connectivity index (χ0) is 57.1. The van der Waals surface area contributed by atoms with Gasteiger partial charge < -0.3 is 97.7 Å². The number of ketones is 1. The summed E-state index contributed by atoms with van der Waals surface area (Å²) in [4.78, 5) is 27.0. The molecule has 8 N–H and O–H groups in total. The Morgan fingerprint density at radius 3 is 1.92 bits per heavy atom. The van der Waals surface area contributed by atoms with Crippen LogP contribution < -0.4 is 0 Å². The molecule has 22 heteroatoms. The first-order chi connectivity index (χ1) is 37.4. The zero-order valence-corrected chi connectivity index (χ0v) is 46.6. The fraction of sp³-hybridized carbons (Fsp3) is 0.789. The Morgan fingerprint density at radius 1 is 0.696 bits per heavy atom. The molecule has 0 bridgehead atoms. The summed E-state index contributed by atoms with van der Waals surface area (Å²) >= 11 is 0. The number of carbonyl (C=O) groups is 2. The van der Waals surface area contributed by atoms with Crippen LogP contribution in [0, 0.1) is 16.7 Å². The number of benzene rings is 1. The number of carbonyl (C=O) groups excluding carboxylic acids is 2. The van der Waals surface area contributed by atoms with E-state index in [2.05, 4.69) is 6.92 Å². The van der Waals surface area contributed by atoms with Gasteiger partial charge in [0.05, 0.1) is 48.6 Å². The summed E-state index contributed by atoms with van der Waals surface area (Å²) in [7, 11) is 4.49. The minimum atomic E-state index is -2.07. The van der Waals surface area contributed by atoms with Gasteiger partial charge >= 0.3 is 5.97 Å². The van der Waals surface area contributed by atoms with Gasteiger partial charge in [0, 0.05) is 46.2 Å². The van der Waals surface area contributed by atoms with E-state index in [0.29, 0.717) is 25.7 Å². The zero-order valence-electron chi connectivity index (χ0n) is 46.6. The molecule has 9 rings (SSSR count). The van der Waals surface area contributed by atoms with E-state index >= 15 is 0 Å². The maximum absolute atomic E-state index is 13.6. The minimum absolute atomic E-state index is 0.0567. The molecule has 0 amide bonds. The summed E-state index contributed by atoms with van der Waals surface area (Å²) in [5.74, 6) is -1.87. The second kappa shape index (κ2) is 23.6. The number of rotatable bonds is 16. The Hall–Kier alpha value is -2.92. The third-order valence-electron chi connectivity index (χ3n) is 19.6. The standard InChI is InChI=1S/C57H84O22/c1-28-47(77-42-25-36(69-8)48(29(2)72-42)78-52-46(64)50(70-9)49(30(3)73-52)79-51-45(63)44(62)43(61)37(27-58)75-51)35(68-7)24-41(71-28)74-34-18-19-53(5)33(23-34)17-20-56(66)38(53)26-39(76-40(60)16-15-32-13-11-10-12-14-32)54(6)55(65,31(4)59)21-22-57(54,56)67/h10-17,28-30,34-39,41-52,58,61-67H,18-27H2,1-9H3/b16-15+/t28-,29-,30-,34+,35+,36-,37-,38-,39-,41+,42+,43-,44+,45-,46-,47-,48-,49-,50+,51+,52+,53+,54-,55+,56+,57-/m1/s1. The number of methoxy groups -OCH3 is 3. The molecule has 0 spiro atoms. The Labute approximate surface area is 461 Å². The van der Waals surface area contributed by atoms with Crippen LogP contribution in [-0.2, 0) is 66.4 Å². The summed E-state index contributed by atoms with van der Waals surface area (Å²) in [6, 6.07) is 9.24. The topological polar surface area (TPSA) is 307 Å². The third-order valence-corrected chi connectivity index (χ3v) is 19.6. The van der Waals surface area contributed by atoms with Crippen LogP contribution in [0.2, 0.25) is 0 Å². The highest BCUT2D eigenvalue weighted by molar-refractivity contribution is 5.88. The summed E-state index contributed by atoms with van der Waals surface area (Å²) in [5, 5.41) is 90.5. The van der Waals surface area contributed by atoms with Crippen LogP contribution >= 0.6 is 0 Å². The van der Waals surface area contributed by atoms with E-state index in [1.54, 1.807) is 34.0 Å². The van der Waals surface area contributed by atoms with Crippen LogP contribution in [0.1, 0.15) is 105 Å². The molecular weight excluding hydrogens is 1040 g/mol. The van der Waals surface area contributed by atoms with Crippen molar-refractivity contribution in [3.8, 4) is 0 Å². The summed E-state index contributed by atoms with van der Waals surface area (Å²) < 4.78 is 74.1. The maximum atomic E-state index is 13.6. The predicted molar refractivity (Wildman–Crippen MR) is 275 cm³/mol. The lowest BCUT2D eigenvalue weighted by Gasteiger charge is -2.67. The van der Waals surface area contributed by atoms with Crippen LogP contribution in [0.3, 0.4) is 0 Å². The molecule has 8 aliphatic rings. The lowest BCUT2D eigenvalue weighted by atomic mass is 9.42. The van der Waals surface area contributed by atoms with E-state index in [4.69, 9.17) is 56.8 Å². The third kappa shape index (κ3) is 10.6. The molecule has 0 unspecified atom stereocenters. The largest absolute Gasteiger partial charge is 0.458 e. The number of fused-ring (bicyclic) bond motifs is 5. The van der Waals surface area contributed by atoms with E-state index < -0.39 is 169 Å². The van der Waals surface area contributed by atoms with Crippen LogP contribution in [0.15, 0.2) is 48.1 Å². The van der Waals surface area contributed by atoms with E-state index in [0.717, 1.165) is 11.1 Å². The molecule has 79 heavy (non-hydrogen) atoms. The molecule has 3 saturated carbocycles. The van der Waals surface area contributed by atoms with Crippen molar-refractivity contribution in [3.05, 3.63) is 53.6 Å².